The first-order valence-electron chi connectivity index (χ1n) is 16.3. The minimum atomic E-state index is -1.10. The number of carbonyl (C=O) groups excluding carboxylic acids is 2. The van der Waals surface area contributed by atoms with E-state index >= 15 is 0 Å². The molecule has 9 heteroatoms. The van der Waals surface area contributed by atoms with Crippen LogP contribution in [0, 0.1) is 13.8 Å². The highest BCUT2D eigenvalue weighted by atomic mass is 35.5. The van der Waals surface area contributed by atoms with Crippen LogP contribution in [0.4, 0.5) is 0 Å². The van der Waals surface area contributed by atoms with Gasteiger partial charge in [-0.1, -0.05) is 35.9 Å². The molecule has 0 atom stereocenters. The van der Waals surface area contributed by atoms with Crippen LogP contribution in [0.15, 0.2) is 94.8 Å². The van der Waals surface area contributed by atoms with Gasteiger partial charge in [-0.2, -0.15) is 0 Å². The van der Waals surface area contributed by atoms with E-state index in [-0.39, 0.29) is 28.7 Å². The number of pyridine rings is 4. The summed E-state index contributed by atoms with van der Waals surface area (Å²) in [5, 5.41) is 10.4. The van der Waals surface area contributed by atoms with Crippen molar-refractivity contribution in [3.05, 3.63) is 144 Å². The SMILES string of the molecule is Cc1c(-c2ccc(O)cc2)ccn2c(=O)c(C(=O)OC(=O)c3cc(C4CC4)c4c(C)c(-c5ccc(Cl)cc5)ccn4c3=O)cc(C3CC3)c12. The molecule has 8 nitrogen and oxygen atoms in total. The van der Waals surface area contributed by atoms with Gasteiger partial charge < -0.3 is 9.84 Å². The summed E-state index contributed by atoms with van der Waals surface area (Å²) >= 11 is 6.11. The normalized spacial score (nSPS) is 14.3. The van der Waals surface area contributed by atoms with E-state index in [1.54, 1.807) is 42.7 Å². The van der Waals surface area contributed by atoms with Crippen molar-refractivity contribution in [2.75, 3.05) is 0 Å². The average molecular weight is 671 g/mol. The molecule has 0 aliphatic heterocycles. The van der Waals surface area contributed by atoms with Crippen molar-refractivity contribution < 1.29 is 19.4 Å². The molecular formula is C40H31ClN2O6. The number of phenolic OH excluding ortho intramolecular Hbond substituents is 1. The van der Waals surface area contributed by atoms with Crippen molar-refractivity contribution in [2.24, 2.45) is 0 Å². The van der Waals surface area contributed by atoms with Crippen LogP contribution in [-0.4, -0.2) is 25.8 Å². The van der Waals surface area contributed by atoms with Gasteiger partial charge in [0.1, 0.15) is 16.9 Å². The summed E-state index contributed by atoms with van der Waals surface area (Å²) in [7, 11) is 0. The lowest BCUT2D eigenvalue weighted by Gasteiger charge is -2.16. The van der Waals surface area contributed by atoms with Crippen molar-refractivity contribution in [3.8, 4) is 28.0 Å². The summed E-state index contributed by atoms with van der Waals surface area (Å²) in [4.78, 5) is 54.7. The number of aromatic hydroxyl groups is 1. The van der Waals surface area contributed by atoms with Gasteiger partial charge in [0.2, 0.25) is 0 Å². The quantitative estimate of drug-likeness (QED) is 0.142. The Balaban J connectivity index is 1.17. The van der Waals surface area contributed by atoms with Crippen LogP contribution in [-0.2, 0) is 4.74 Å². The molecule has 2 aliphatic carbocycles. The van der Waals surface area contributed by atoms with Crippen molar-refractivity contribution in [1.29, 1.82) is 0 Å². The fourth-order valence-corrected chi connectivity index (χ4v) is 7.11. The number of fused-ring (bicyclic) bond motifs is 2. The largest absolute Gasteiger partial charge is 0.508 e. The van der Waals surface area contributed by atoms with Gasteiger partial charge in [-0.15, -0.1) is 0 Å². The topological polar surface area (TPSA) is 107 Å². The molecule has 0 amide bonds. The van der Waals surface area contributed by atoms with Gasteiger partial charge in [0.25, 0.3) is 11.1 Å². The number of halogens is 1. The van der Waals surface area contributed by atoms with E-state index in [9.17, 15) is 24.3 Å². The van der Waals surface area contributed by atoms with Crippen LogP contribution in [0.25, 0.3) is 33.3 Å². The maximum Gasteiger partial charge on any atom is 0.351 e. The highest BCUT2D eigenvalue weighted by Gasteiger charge is 2.33. The van der Waals surface area contributed by atoms with Crippen LogP contribution < -0.4 is 11.1 Å². The van der Waals surface area contributed by atoms with E-state index < -0.39 is 23.1 Å². The zero-order valence-electron chi connectivity index (χ0n) is 26.8. The molecule has 2 saturated carbocycles. The minimum absolute atomic E-state index is 0.152. The number of phenols is 1. The first-order chi connectivity index (χ1) is 23.6. The Hall–Kier alpha value is -5.47. The fourth-order valence-electron chi connectivity index (χ4n) is 6.99. The van der Waals surface area contributed by atoms with E-state index in [0.717, 1.165) is 75.7 Å². The molecule has 49 heavy (non-hydrogen) atoms. The molecule has 2 aliphatic rings. The molecule has 2 fully saturated rings. The second kappa shape index (κ2) is 11.6. The van der Waals surface area contributed by atoms with E-state index in [4.69, 9.17) is 16.3 Å². The number of carbonyl (C=O) groups is 2. The molecule has 0 bridgehead atoms. The average Bonchev–Trinajstić information content (AvgIpc) is 4.01. The second-order valence-corrected chi connectivity index (χ2v) is 13.5. The molecule has 0 radical (unpaired) electrons. The lowest BCUT2D eigenvalue weighted by Crippen LogP contribution is -2.29. The van der Waals surface area contributed by atoms with E-state index in [1.165, 1.54) is 8.80 Å². The molecule has 244 valence electrons. The molecule has 0 spiro atoms. The zero-order valence-corrected chi connectivity index (χ0v) is 27.6. The molecule has 2 aromatic carbocycles. The summed E-state index contributed by atoms with van der Waals surface area (Å²) in [5.41, 5.74) is 6.77. The third-order valence-corrected chi connectivity index (χ3v) is 10.1. The first kappa shape index (κ1) is 30.8. The highest BCUT2D eigenvalue weighted by Crippen LogP contribution is 2.45. The standard InChI is InChI=1S/C40H31ClN2O6/c1-21-29(23-7-11-27(41)12-8-23)15-17-42-35(21)31(25-3-4-25)19-33(37(42)45)39(47)49-40(48)34-20-32(26-5-6-26)36-22(2)30(16-18-43(36)38(34)46)24-9-13-28(44)14-10-24/h7-20,25-26,44H,3-6H2,1-2H3. The molecule has 0 unspecified atom stereocenters. The number of hydrogen-bond acceptors (Lipinski definition) is 6. The van der Waals surface area contributed by atoms with Gasteiger partial charge in [0.15, 0.2) is 0 Å². The summed E-state index contributed by atoms with van der Waals surface area (Å²) in [6, 6.07) is 21.0. The summed E-state index contributed by atoms with van der Waals surface area (Å²) in [5.74, 6) is -1.72. The number of rotatable bonds is 6. The van der Waals surface area contributed by atoms with Crippen LogP contribution >= 0.6 is 11.6 Å². The van der Waals surface area contributed by atoms with Crippen molar-refractivity contribution >= 4 is 34.6 Å². The fraction of sp³-hybridized carbons (Fsp3) is 0.200. The van der Waals surface area contributed by atoms with Crippen LogP contribution in [0.2, 0.25) is 5.02 Å². The minimum Gasteiger partial charge on any atom is -0.508 e. The van der Waals surface area contributed by atoms with Crippen molar-refractivity contribution in [3.63, 3.8) is 0 Å². The van der Waals surface area contributed by atoms with Gasteiger partial charge in [-0.05, 0) is 144 Å². The molecule has 8 rings (SSSR count). The van der Waals surface area contributed by atoms with Crippen LogP contribution in [0.3, 0.4) is 0 Å². The third-order valence-electron chi connectivity index (χ3n) is 9.82. The number of aromatic nitrogens is 2. The Bertz CT molecular complexity index is 2310. The lowest BCUT2D eigenvalue weighted by atomic mass is 9.96. The monoisotopic (exact) mass is 670 g/mol. The third kappa shape index (κ3) is 5.33. The Morgan fingerprint density at radius 3 is 1.49 bits per heavy atom. The second-order valence-electron chi connectivity index (χ2n) is 13.1. The van der Waals surface area contributed by atoms with Crippen LogP contribution in [0.5, 0.6) is 5.75 Å². The smallest absolute Gasteiger partial charge is 0.351 e. The Morgan fingerprint density at radius 2 is 1.08 bits per heavy atom. The number of hydrogen-bond donors (Lipinski definition) is 1. The van der Waals surface area contributed by atoms with E-state index in [0.29, 0.717) is 10.5 Å². The summed E-state index contributed by atoms with van der Waals surface area (Å²) in [6.45, 7) is 3.88. The van der Waals surface area contributed by atoms with Crippen LogP contribution in [0.1, 0.15) is 80.5 Å². The molecule has 0 saturated heterocycles. The summed E-state index contributed by atoms with van der Waals surface area (Å²) in [6.07, 6.45) is 6.90. The predicted octanol–water partition coefficient (Wildman–Crippen LogP) is 7.97. The van der Waals surface area contributed by atoms with Crippen molar-refractivity contribution in [1.82, 2.24) is 8.80 Å². The van der Waals surface area contributed by atoms with E-state index in [1.807, 2.05) is 56.3 Å². The molecular weight excluding hydrogens is 640 g/mol. The Labute approximate surface area is 285 Å². The molecule has 1 N–H and O–H groups in total. The number of esters is 2. The number of aryl methyl sites for hydroxylation is 2. The number of benzene rings is 2. The Kier molecular flexibility index (Phi) is 7.30. The molecule has 4 aromatic heterocycles. The van der Waals surface area contributed by atoms with Gasteiger partial charge >= 0.3 is 11.9 Å². The summed E-state index contributed by atoms with van der Waals surface area (Å²) < 4.78 is 8.21. The molecule has 4 heterocycles. The van der Waals surface area contributed by atoms with Gasteiger partial charge in [-0.25, -0.2) is 9.59 Å². The Morgan fingerprint density at radius 1 is 0.673 bits per heavy atom. The predicted molar refractivity (Wildman–Crippen MR) is 188 cm³/mol. The van der Waals surface area contributed by atoms with E-state index in [2.05, 4.69) is 0 Å². The highest BCUT2D eigenvalue weighted by molar-refractivity contribution is 6.30. The van der Waals surface area contributed by atoms with Gasteiger partial charge in [0.05, 0.1) is 11.0 Å². The van der Waals surface area contributed by atoms with Crippen molar-refractivity contribution in [2.45, 2.75) is 51.4 Å². The van der Waals surface area contributed by atoms with Gasteiger partial charge in [0, 0.05) is 17.4 Å². The zero-order chi connectivity index (χ0) is 34.1. The lowest BCUT2D eigenvalue weighted by molar-refractivity contribution is 0.0395. The number of nitrogens with zero attached hydrogens (tertiary/aromatic N) is 2. The van der Waals surface area contributed by atoms with Gasteiger partial charge in [-0.3, -0.25) is 18.4 Å². The first-order valence-corrected chi connectivity index (χ1v) is 16.7. The molecule has 6 aromatic rings. The maximum atomic E-state index is 13.8. The number of ether oxygens (including phenoxy) is 1. The maximum absolute atomic E-state index is 13.8.